The highest BCUT2D eigenvalue weighted by atomic mass is 35.5. The molecular formula is C25H22ClN5O2. The lowest BCUT2D eigenvalue weighted by Crippen LogP contribution is -2.23. The van der Waals surface area contributed by atoms with E-state index in [0.717, 1.165) is 11.4 Å². The van der Waals surface area contributed by atoms with Gasteiger partial charge in [0.05, 0.1) is 11.3 Å². The van der Waals surface area contributed by atoms with Crippen LogP contribution < -0.4 is 16.0 Å². The fraction of sp³-hybridized carbons (Fsp3) is 0.0800. The van der Waals surface area contributed by atoms with E-state index in [9.17, 15) is 9.90 Å². The second kappa shape index (κ2) is 9.58. The molecule has 0 saturated heterocycles. The topological polar surface area (TPSA) is 104 Å². The summed E-state index contributed by atoms with van der Waals surface area (Å²) in [6.45, 7) is 0.220. The van der Waals surface area contributed by atoms with Gasteiger partial charge in [0.2, 0.25) is 0 Å². The molecule has 7 nitrogen and oxygen atoms in total. The third kappa shape index (κ3) is 5.05. The molecule has 8 heteroatoms. The van der Waals surface area contributed by atoms with Gasteiger partial charge in [0.1, 0.15) is 11.6 Å². The van der Waals surface area contributed by atoms with E-state index in [1.54, 1.807) is 36.5 Å². The van der Waals surface area contributed by atoms with Crippen molar-refractivity contribution in [3.05, 3.63) is 95.3 Å². The number of amides is 1. The van der Waals surface area contributed by atoms with Gasteiger partial charge in [-0.05, 0) is 60.7 Å². The number of rotatable bonds is 6. The maximum absolute atomic E-state index is 12.2. The van der Waals surface area contributed by atoms with E-state index in [2.05, 4.69) is 15.3 Å². The number of carbonyl (C=O) groups is 1. The van der Waals surface area contributed by atoms with Crippen LogP contribution in [0.3, 0.4) is 0 Å². The summed E-state index contributed by atoms with van der Waals surface area (Å²) in [5.74, 6) is 0.116. The number of anilines is 3. The highest BCUT2D eigenvalue weighted by Crippen LogP contribution is 2.35. The van der Waals surface area contributed by atoms with Gasteiger partial charge in [-0.15, -0.1) is 0 Å². The number of phenolic OH excluding ortho intramolecular Hbond substituents is 1. The molecule has 1 amide bonds. The minimum absolute atomic E-state index is 0.0905. The number of hydrogen-bond acceptors (Lipinski definition) is 6. The summed E-state index contributed by atoms with van der Waals surface area (Å²) >= 11 is 5.99. The van der Waals surface area contributed by atoms with E-state index in [1.807, 2.05) is 48.3 Å². The number of carbonyl (C=O) groups excluding carboxylic acids is 1. The molecule has 0 unspecified atom stereocenters. The lowest BCUT2D eigenvalue weighted by atomic mass is 10.1. The summed E-state index contributed by atoms with van der Waals surface area (Å²) in [6.07, 6.45) is 3.10. The number of phenols is 1. The van der Waals surface area contributed by atoms with Crippen molar-refractivity contribution in [2.24, 2.45) is 0 Å². The van der Waals surface area contributed by atoms with Crippen molar-refractivity contribution in [3.8, 4) is 17.0 Å². The number of halogens is 1. The van der Waals surface area contributed by atoms with Crippen LogP contribution in [0.2, 0.25) is 5.02 Å². The SMILES string of the molecule is CN(c1ccc(Cl)cc1)c1ccc(O)c(-c2ccc(CNC(=O)c3cccnc3)c(N)n2)c1. The molecule has 0 aliphatic heterocycles. The van der Waals surface area contributed by atoms with Gasteiger partial charge < -0.3 is 21.1 Å². The standard InChI is InChI=1S/C25H22ClN5O2/c1-31(19-7-5-18(26)6-8-19)20-9-11-23(32)21(13-20)22-10-4-16(24(27)30-22)15-29-25(33)17-3-2-12-28-14-17/h2-14,32H,15H2,1H3,(H2,27,30)(H,29,33). The highest BCUT2D eigenvalue weighted by molar-refractivity contribution is 6.30. The Bertz CT molecular complexity index is 1280. The summed E-state index contributed by atoms with van der Waals surface area (Å²) in [4.78, 5) is 22.6. The van der Waals surface area contributed by atoms with Crippen molar-refractivity contribution in [1.29, 1.82) is 0 Å². The molecule has 4 aromatic rings. The minimum Gasteiger partial charge on any atom is -0.507 e. The summed E-state index contributed by atoms with van der Waals surface area (Å²) in [5.41, 5.74) is 10.2. The van der Waals surface area contributed by atoms with Gasteiger partial charge in [0.15, 0.2) is 0 Å². The number of pyridine rings is 2. The van der Waals surface area contributed by atoms with Crippen molar-refractivity contribution in [2.75, 3.05) is 17.7 Å². The van der Waals surface area contributed by atoms with E-state index in [-0.39, 0.29) is 24.0 Å². The lowest BCUT2D eigenvalue weighted by molar-refractivity contribution is 0.0950. The predicted octanol–water partition coefficient (Wildman–Crippen LogP) is 4.78. The fourth-order valence-corrected chi connectivity index (χ4v) is 3.46. The number of aromatic nitrogens is 2. The monoisotopic (exact) mass is 459 g/mol. The molecule has 0 bridgehead atoms. The molecule has 2 aromatic carbocycles. The van der Waals surface area contributed by atoms with E-state index < -0.39 is 0 Å². The first-order valence-electron chi connectivity index (χ1n) is 10.2. The Balaban J connectivity index is 1.54. The molecule has 4 N–H and O–H groups in total. The van der Waals surface area contributed by atoms with E-state index in [0.29, 0.717) is 27.4 Å². The smallest absolute Gasteiger partial charge is 0.253 e. The number of nitrogens with zero attached hydrogens (tertiary/aromatic N) is 3. The van der Waals surface area contributed by atoms with Crippen LogP contribution >= 0.6 is 11.6 Å². The zero-order chi connectivity index (χ0) is 23.4. The Labute approximate surface area is 196 Å². The normalized spacial score (nSPS) is 10.6. The highest BCUT2D eigenvalue weighted by Gasteiger charge is 2.13. The van der Waals surface area contributed by atoms with Crippen LogP contribution in [0.1, 0.15) is 15.9 Å². The molecule has 0 aliphatic carbocycles. The molecule has 0 radical (unpaired) electrons. The molecule has 0 aliphatic rings. The van der Waals surface area contributed by atoms with Crippen molar-refractivity contribution in [2.45, 2.75) is 6.54 Å². The zero-order valence-electron chi connectivity index (χ0n) is 17.9. The first-order chi connectivity index (χ1) is 15.9. The minimum atomic E-state index is -0.248. The summed E-state index contributed by atoms with van der Waals surface area (Å²) < 4.78 is 0. The molecule has 4 rings (SSSR count). The predicted molar refractivity (Wildman–Crippen MR) is 131 cm³/mol. The molecule has 2 heterocycles. The Hall–Kier alpha value is -4.10. The Morgan fingerprint density at radius 2 is 1.85 bits per heavy atom. The molecule has 0 spiro atoms. The van der Waals surface area contributed by atoms with Gasteiger partial charge in [-0.1, -0.05) is 17.7 Å². The third-order valence-corrected chi connectivity index (χ3v) is 5.48. The maximum Gasteiger partial charge on any atom is 0.253 e. The number of benzene rings is 2. The van der Waals surface area contributed by atoms with Gasteiger partial charge in [-0.2, -0.15) is 0 Å². The molecule has 0 saturated carbocycles. The Morgan fingerprint density at radius 1 is 1.09 bits per heavy atom. The maximum atomic E-state index is 12.2. The molecule has 33 heavy (non-hydrogen) atoms. The van der Waals surface area contributed by atoms with E-state index >= 15 is 0 Å². The lowest BCUT2D eigenvalue weighted by Gasteiger charge is -2.21. The van der Waals surface area contributed by atoms with Crippen molar-refractivity contribution in [3.63, 3.8) is 0 Å². The van der Waals surface area contributed by atoms with Crippen LogP contribution in [0, 0.1) is 0 Å². The van der Waals surface area contributed by atoms with E-state index in [4.69, 9.17) is 17.3 Å². The average molecular weight is 460 g/mol. The molecular weight excluding hydrogens is 438 g/mol. The van der Waals surface area contributed by atoms with Gasteiger partial charge in [-0.3, -0.25) is 9.78 Å². The first-order valence-corrected chi connectivity index (χ1v) is 10.6. The van der Waals surface area contributed by atoms with Gasteiger partial charge in [-0.25, -0.2) is 4.98 Å². The number of aromatic hydroxyl groups is 1. The van der Waals surface area contributed by atoms with Crippen LogP contribution in [0.4, 0.5) is 17.2 Å². The van der Waals surface area contributed by atoms with Crippen molar-refractivity contribution >= 4 is 34.7 Å². The van der Waals surface area contributed by atoms with Crippen LogP contribution in [0.25, 0.3) is 11.3 Å². The number of nitrogen functional groups attached to an aromatic ring is 1. The number of hydrogen-bond donors (Lipinski definition) is 3. The second-order valence-corrected chi connectivity index (χ2v) is 7.84. The molecule has 2 aromatic heterocycles. The van der Waals surface area contributed by atoms with Gasteiger partial charge in [0.25, 0.3) is 5.91 Å². The largest absolute Gasteiger partial charge is 0.507 e. The van der Waals surface area contributed by atoms with Crippen LogP contribution in [0.5, 0.6) is 5.75 Å². The Kier molecular flexibility index (Phi) is 6.42. The number of nitrogens with one attached hydrogen (secondary N) is 1. The van der Waals surface area contributed by atoms with E-state index in [1.165, 1.54) is 6.20 Å². The molecule has 166 valence electrons. The van der Waals surface area contributed by atoms with Crippen LogP contribution in [0.15, 0.2) is 79.1 Å². The second-order valence-electron chi connectivity index (χ2n) is 7.40. The molecule has 0 fully saturated rings. The average Bonchev–Trinajstić information content (AvgIpc) is 2.84. The van der Waals surface area contributed by atoms with Crippen LogP contribution in [-0.4, -0.2) is 28.0 Å². The molecule has 0 atom stereocenters. The Morgan fingerprint density at radius 3 is 2.55 bits per heavy atom. The first kappa shape index (κ1) is 22.1. The van der Waals surface area contributed by atoms with Crippen molar-refractivity contribution < 1.29 is 9.90 Å². The quantitative estimate of drug-likeness (QED) is 0.383. The summed E-state index contributed by atoms with van der Waals surface area (Å²) in [7, 11) is 1.93. The van der Waals surface area contributed by atoms with Crippen LogP contribution in [-0.2, 0) is 6.54 Å². The third-order valence-electron chi connectivity index (χ3n) is 5.23. The number of nitrogens with two attached hydrogens (primary N) is 1. The van der Waals surface area contributed by atoms with Crippen molar-refractivity contribution in [1.82, 2.24) is 15.3 Å². The van der Waals surface area contributed by atoms with Gasteiger partial charge >= 0.3 is 0 Å². The summed E-state index contributed by atoms with van der Waals surface area (Å²) in [6, 6.07) is 19.7. The van der Waals surface area contributed by atoms with Gasteiger partial charge in [0, 0.05) is 53.5 Å². The zero-order valence-corrected chi connectivity index (χ0v) is 18.6. The fourth-order valence-electron chi connectivity index (χ4n) is 3.33. The summed E-state index contributed by atoms with van der Waals surface area (Å²) in [5, 5.41) is 13.9.